The van der Waals surface area contributed by atoms with E-state index < -0.39 is 0 Å². The Labute approximate surface area is 183 Å². The maximum Gasteiger partial charge on any atom is 0.257 e. The number of anilines is 1. The molecule has 152 valence electrons. The van der Waals surface area contributed by atoms with Gasteiger partial charge in [-0.15, -0.1) is 0 Å². The number of carbonyl (C=O) groups is 1. The molecule has 0 unspecified atom stereocenters. The fraction of sp³-hybridized carbons (Fsp3) is 0.227. The predicted molar refractivity (Wildman–Crippen MR) is 121 cm³/mol. The minimum absolute atomic E-state index is 0.0328. The summed E-state index contributed by atoms with van der Waals surface area (Å²) < 4.78 is 2.90. The average Bonchev–Trinajstić information content (AvgIpc) is 3.37. The van der Waals surface area contributed by atoms with E-state index in [1.54, 1.807) is 17.5 Å². The van der Waals surface area contributed by atoms with Gasteiger partial charge in [0, 0.05) is 31.2 Å². The Balaban J connectivity index is 1.29. The molecule has 30 heavy (non-hydrogen) atoms. The molecule has 0 spiro atoms. The lowest BCUT2D eigenvalue weighted by molar-refractivity contribution is 0.0746. The van der Waals surface area contributed by atoms with Gasteiger partial charge in [0.05, 0.1) is 33.4 Å². The fourth-order valence-corrected chi connectivity index (χ4v) is 5.04. The molecule has 0 aliphatic carbocycles. The van der Waals surface area contributed by atoms with Crippen LogP contribution in [0.3, 0.4) is 0 Å². The molecular weight excluding hydrogens is 418 g/mol. The van der Waals surface area contributed by atoms with Gasteiger partial charge in [0.25, 0.3) is 5.91 Å². The third-order valence-corrected chi connectivity index (χ3v) is 6.73. The molecule has 0 radical (unpaired) electrons. The molecular formula is C22H20ClN5OS. The number of rotatable bonds is 3. The molecule has 1 fully saturated rings. The van der Waals surface area contributed by atoms with Gasteiger partial charge < -0.3 is 9.80 Å². The molecule has 0 atom stereocenters. The van der Waals surface area contributed by atoms with Crippen LogP contribution in [0, 0.1) is 6.92 Å². The molecule has 2 aromatic heterocycles. The highest BCUT2D eigenvalue weighted by Gasteiger charge is 2.26. The first-order valence-corrected chi connectivity index (χ1v) is 11.0. The lowest BCUT2D eigenvalue weighted by Gasteiger charge is -2.34. The molecule has 0 N–H and O–H groups in total. The standard InChI is InChI=1S/C22H20ClN5OS/c1-15-18(14-24-28(15)17-5-3-2-4-6-17)21(29)26-9-11-27(12-10-26)22-25-19-8-7-16(23)13-20(19)30-22/h2-8,13-14H,9-12H2,1H3. The lowest BCUT2D eigenvalue weighted by Crippen LogP contribution is -2.48. The number of fused-ring (bicyclic) bond motifs is 1. The highest BCUT2D eigenvalue weighted by molar-refractivity contribution is 7.22. The highest BCUT2D eigenvalue weighted by atomic mass is 35.5. The number of aromatic nitrogens is 3. The second-order valence-corrected chi connectivity index (χ2v) is 8.72. The molecule has 1 amide bonds. The van der Waals surface area contributed by atoms with Crippen molar-refractivity contribution >= 4 is 44.2 Å². The van der Waals surface area contributed by atoms with E-state index in [2.05, 4.69) is 10.00 Å². The average molecular weight is 438 g/mol. The summed E-state index contributed by atoms with van der Waals surface area (Å²) in [6, 6.07) is 15.6. The van der Waals surface area contributed by atoms with Crippen LogP contribution in [0.1, 0.15) is 16.1 Å². The Kier molecular flexibility index (Phi) is 4.92. The first-order valence-electron chi connectivity index (χ1n) is 9.80. The van der Waals surface area contributed by atoms with E-state index in [9.17, 15) is 4.79 Å². The molecule has 8 heteroatoms. The smallest absolute Gasteiger partial charge is 0.257 e. The van der Waals surface area contributed by atoms with Crippen molar-refractivity contribution < 1.29 is 4.79 Å². The summed E-state index contributed by atoms with van der Waals surface area (Å²) in [5.41, 5.74) is 3.43. The van der Waals surface area contributed by atoms with Crippen LogP contribution >= 0.6 is 22.9 Å². The van der Waals surface area contributed by atoms with Crippen molar-refractivity contribution in [3.05, 3.63) is 71.0 Å². The zero-order valence-corrected chi connectivity index (χ0v) is 18.0. The molecule has 3 heterocycles. The van der Waals surface area contributed by atoms with Gasteiger partial charge in [-0.3, -0.25) is 4.79 Å². The number of hydrogen-bond acceptors (Lipinski definition) is 5. The van der Waals surface area contributed by atoms with Gasteiger partial charge in [0.2, 0.25) is 0 Å². The first kappa shape index (κ1) is 19.1. The van der Waals surface area contributed by atoms with E-state index >= 15 is 0 Å². The Hall–Kier alpha value is -2.90. The lowest BCUT2D eigenvalue weighted by atomic mass is 10.2. The summed E-state index contributed by atoms with van der Waals surface area (Å²) in [7, 11) is 0. The number of benzene rings is 2. The Bertz CT molecular complexity index is 1210. The molecule has 1 aliphatic heterocycles. The number of piperazine rings is 1. The van der Waals surface area contributed by atoms with Crippen molar-refractivity contribution in [3.8, 4) is 5.69 Å². The molecule has 6 nitrogen and oxygen atoms in total. The Morgan fingerprint density at radius 2 is 1.83 bits per heavy atom. The normalized spacial score (nSPS) is 14.5. The zero-order chi connectivity index (χ0) is 20.7. The number of hydrogen-bond donors (Lipinski definition) is 0. The van der Waals surface area contributed by atoms with Crippen molar-refractivity contribution in [2.24, 2.45) is 0 Å². The number of para-hydroxylation sites is 1. The van der Waals surface area contributed by atoms with Crippen LogP contribution in [0.4, 0.5) is 5.13 Å². The van der Waals surface area contributed by atoms with Crippen LogP contribution in [-0.2, 0) is 0 Å². The Morgan fingerprint density at radius 3 is 2.60 bits per heavy atom. The minimum atomic E-state index is 0.0328. The second-order valence-electron chi connectivity index (χ2n) is 7.28. The van der Waals surface area contributed by atoms with E-state index in [0.29, 0.717) is 18.7 Å². The monoisotopic (exact) mass is 437 g/mol. The molecule has 5 rings (SSSR count). The number of nitrogens with zero attached hydrogens (tertiary/aromatic N) is 5. The SMILES string of the molecule is Cc1c(C(=O)N2CCN(c3nc4ccc(Cl)cc4s3)CC2)cnn1-c1ccccc1. The number of halogens is 1. The van der Waals surface area contributed by atoms with Crippen LogP contribution in [0.15, 0.2) is 54.7 Å². The minimum Gasteiger partial charge on any atom is -0.345 e. The maximum atomic E-state index is 13.1. The van der Waals surface area contributed by atoms with Crippen molar-refractivity contribution in [1.82, 2.24) is 19.7 Å². The van der Waals surface area contributed by atoms with Crippen molar-refractivity contribution in [1.29, 1.82) is 0 Å². The van der Waals surface area contributed by atoms with Gasteiger partial charge in [-0.25, -0.2) is 9.67 Å². The second kappa shape index (κ2) is 7.74. The third-order valence-electron chi connectivity index (χ3n) is 5.42. The summed E-state index contributed by atoms with van der Waals surface area (Å²) in [6.45, 7) is 4.77. The van der Waals surface area contributed by atoms with E-state index in [4.69, 9.17) is 16.6 Å². The largest absolute Gasteiger partial charge is 0.345 e. The van der Waals surface area contributed by atoms with E-state index in [1.807, 2.05) is 65.0 Å². The van der Waals surface area contributed by atoms with Gasteiger partial charge in [-0.05, 0) is 37.3 Å². The van der Waals surface area contributed by atoms with Crippen molar-refractivity contribution in [2.75, 3.05) is 31.1 Å². The quantitative estimate of drug-likeness (QED) is 0.476. The molecule has 0 saturated carbocycles. The molecule has 2 aromatic carbocycles. The van der Waals surface area contributed by atoms with Crippen LogP contribution in [0.5, 0.6) is 0 Å². The number of carbonyl (C=O) groups excluding carboxylic acids is 1. The molecule has 0 bridgehead atoms. The summed E-state index contributed by atoms with van der Waals surface area (Å²) in [4.78, 5) is 22.0. The van der Waals surface area contributed by atoms with Gasteiger partial charge in [0.1, 0.15) is 0 Å². The van der Waals surface area contributed by atoms with Gasteiger partial charge in [-0.1, -0.05) is 41.1 Å². The summed E-state index contributed by atoms with van der Waals surface area (Å²) in [6.07, 6.45) is 1.67. The van der Waals surface area contributed by atoms with Gasteiger partial charge in [0.15, 0.2) is 5.13 Å². The van der Waals surface area contributed by atoms with Crippen LogP contribution < -0.4 is 4.90 Å². The summed E-state index contributed by atoms with van der Waals surface area (Å²) in [5, 5.41) is 6.14. The molecule has 1 aliphatic rings. The Morgan fingerprint density at radius 1 is 1.07 bits per heavy atom. The topological polar surface area (TPSA) is 54.3 Å². The third kappa shape index (κ3) is 3.44. The number of amides is 1. The van der Waals surface area contributed by atoms with Crippen LogP contribution in [0.2, 0.25) is 5.02 Å². The first-order chi connectivity index (χ1) is 14.6. The zero-order valence-electron chi connectivity index (χ0n) is 16.5. The summed E-state index contributed by atoms with van der Waals surface area (Å²) >= 11 is 7.73. The van der Waals surface area contributed by atoms with Crippen LogP contribution in [-0.4, -0.2) is 51.8 Å². The molecule has 4 aromatic rings. The van der Waals surface area contributed by atoms with Gasteiger partial charge in [-0.2, -0.15) is 5.10 Å². The predicted octanol–water partition coefficient (Wildman–Crippen LogP) is 4.41. The fourth-order valence-electron chi connectivity index (χ4n) is 3.74. The van der Waals surface area contributed by atoms with Gasteiger partial charge >= 0.3 is 0 Å². The highest BCUT2D eigenvalue weighted by Crippen LogP contribution is 2.31. The molecule has 1 saturated heterocycles. The van der Waals surface area contributed by atoms with E-state index in [0.717, 1.165) is 44.8 Å². The van der Waals surface area contributed by atoms with Crippen LogP contribution in [0.25, 0.3) is 15.9 Å². The maximum absolute atomic E-state index is 13.1. The van der Waals surface area contributed by atoms with Crippen molar-refractivity contribution in [3.63, 3.8) is 0 Å². The van der Waals surface area contributed by atoms with E-state index in [1.165, 1.54) is 0 Å². The van der Waals surface area contributed by atoms with Crippen molar-refractivity contribution in [2.45, 2.75) is 6.92 Å². The number of thiazole rings is 1. The summed E-state index contributed by atoms with van der Waals surface area (Å²) in [5.74, 6) is 0.0328. The van der Waals surface area contributed by atoms with E-state index in [-0.39, 0.29) is 5.91 Å².